The van der Waals surface area contributed by atoms with E-state index in [9.17, 15) is 9.59 Å². The van der Waals surface area contributed by atoms with Crippen molar-refractivity contribution in [1.29, 1.82) is 0 Å². The normalized spacial score (nSPS) is 17.3. The van der Waals surface area contributed by atoms with Crippen molar-refractivity contribution in [2.75, 3.05) is 39.2 Å². The Morgan fingerprint density at radius 1 is 1.13 bits per heavy atom. The zero-order chi connectivity index (χ0) is 27.8. The number of fused-ring (bicyclic) bond motifs is 1. The van der Waals surface area contributed by atoms with Crippen LogP contribution in [0.5, 0.6) is 11.5 Å². The van der Waals surface area contributed by atoms with Gasteiger partial charge in [-0.05, 0) is 57.2 Å². The van der Waals surface area contributed by atoms with Crippen molar-refractivity contribution in [2.45, 2.75) is 39.2 Å². The van der Waals surface area contributed by atoms with E-state index in [4.69, 9.17) is 24.8 Å². The third-order valence-corrected chi connectivity index (χ3v) is 7.84. The van der Waals surface area contributed by atoms with Gasteiger partial charge in [0.15, 0.2) is 0 Å². The standard InChI is InChI=1S/C28H34N6O5/c1-6-22(35)33-11-8-17(9-12-33)19-7-10-30-28-25(27(29)36)26(31-34(19)28)18-13-20(37-4)24(21(14-18)38-5)23-15(2)32-39-16(23)3/h6,13-14,17,19,30H,1,7-12H2,2-5H3,(H2,29,36). The second-order valence-electron chi connectivity index (χ2n) is 9.99. The Labute approximate surface area is 226 Å². The van der Waals surface area contributed by atoms with Crippen molar-refractivity contribution in [2.24, 2.45) is 11.7 Å². The fourth-order valence-corrected chi connectivity index (χ4v) is 5.94. The van der Waals surface area contributed by atoms with Crippen LogP contribution in [0.1, 0.15) is 47.1 Å². The van der Waals surface area contributed by atoms with Gasteiger partial charge in [0.1, 0.15) is 34.3 Å². The molecule has 2 aromatic heterocycles. The van der Waals surface area contributed by atoms with Crippen molar-refractivity contribution in [1.82, 2.24) is 19.8 Å². The van der Waals surface area contributed by atoms with E-state index >= 15 is 0 Å². The van der Waals surface area contributed by atoms with Crippen LogP contribution in [0, 0.1) is 19.8 Å². The van der Waals surface area contributed by atoms with Gasteiger partial charge >= 0.3 is 0 Å². The first-order chi connectivity index (χ1) is 18.8. The van der Waals surface area contributed by atoms with Crippen molar-refractivity contribution >= 4 is 17.6 Å². The Morgan fingerprint density at radius 3 is 2.33 bits per heavy atom. The van der Waals surface area contributed by atoms with E-state index < -0.39 is 5.91 Å². The summed E-state index contributed by atoms with van der Waals surface area (Å²) in [4.78, 5) is 26.7. The lowest BCUT2D eigenvalue weighted by molar-refractivity contribution is -0.127. The SMILES string of the molecule is C=CC(=O)N1CCC(C2CCNc3c(C(N)=O)c(-c4cc(OC)c(-c5c(C)noc5C)c(OC)c4)nn32)CC1. The van der Waals surface area contributed by atoms with E-state index in [1.54, 1.807) is 14.2 Å². The quantitative estimate of drug-likeness (QED) is 0.438. The number of hydrogen-bond donors (Lipinski definition) is 2. The second kappa shape index (κ2) is 10.5. The third-order valence-electron chi connectivity index (χ3n) is 7.84. The highest BCUT2D eigenvalue weighted by Gasteiger charge is 2.36. The highest BCUT2D eigenvalue weighted by atomic mass is 16.5. The van der Waals surface area contributed by atoms with E-state index in [1.807, 2.05) is 35.6 Å². The van der Waals surface area contributed by atoms with E-state index in [1.165, 1.54) is 6.08 Å². The number of nitrogens with two attached hydrogens (primary N) is 1. The first-order valence-electron chi connectivity index (χ1n) is 13.1. The molecule has 0 spiro atoms. The van der Waals surface area contributed by atoms with Crippen LogP contribution in [-0.2, 0) is 4.79 Å². The van der Waals surface area contributed by atoms with Gasteiger partial charge in [0.2, 0.25) is 5.91 Å². The average molecular weight is 535 g/mol. The van der Waals surface area contributed by atoms with Gasteiger partial charge in [0.25, 0.3) is 5.91 Å². The number of primary amides is 1. The molecule has 1 aromatic carbocycles. The molecule has 3 aromatic rings. The van der Waals surface area contributed by atoms with Crippen LogP contribution in [0.2, 0.25) is 0 Å². The Morgan fingerprint density at radius 2 is 1.79 bits per heavy atom. The van der Waals surface area contributed by atoms with Gasteiger partial charge in [-0.1, -0.05) is 11.7 Å². The number of benzene rings is 1. The number of methoxy groups -OCH3 is 2. The molecular formula is C28H34N6O5. The molecule has 4 heterocycles. The zero-order valence-corrected chi connectivity index (χ0v) is 22.7. The molecule has 206 valence electrons. The Kier molecular flexibility index (Phi) is 7.07. The number of likely N-dealkylation sites (tertiary alicyclic amines) is 1. The predicted molar refractivity (Wildman–Crippen MR) is 146 cm³/mol. The van der Waals surface area contributed by atoms with E-state index in [-0.39, 0.29) is 11.9 Å². The molecule has 1 fully saturated rings. The molecule has 0 saturated carbocycles. The largest absolute Gasteiger partial charge is 0.496 e. The molecule has 1 unspecified atom stereocenters. The van der Waals surface area contributed by atoms with Crippen LogP contribution in [0.15, 0.2) is 29.3 Å². The number of aromatic nitrogens is 3. The van der Waals surface area contributed by atoms with Gasteiger partial charge < -0.3 is 29.9 Å². The smallest absolute Gasteiger partial charge is 0.254 e. The Bertz CT molecular complexity index is 1390. The first-order valence-corrected chi connectivity index (χ1v) is 13.1. The minimum Gasteiger partial charge on any atom is -0.496 e. The average Bonchev–Trinajstić information content (AvgIpc) is 3.51. The molecule has 0 radical (unpaired) electrons. The molecule has 0 bridgehead atoms. The topological polar surface area (TPSA) is 138 Å². The molecule has 11 heteroatoms. The summed E-state index contributed by atoms with van der Waals surface area (Å²) in [7, 11) is 3.16. The number of hydrogen-bond acceptors (Lipinski definition) is 8. The summed E-state index contributed by atoms with van der Waals surface area (Å²) in [6.45, 7) is 9.33. The molecule has 2 aliphatic heterocycles. The van der Waals surface area contributed by atoms with Gasteiger partial charge in [-0.2, -0.15) is 5.10 Å². The Balaban J connectivity index is 1.58. The van der Waals surface area contributed by atoms with Crippen molar-refractivity contribution in [3.05, 3.63) is 41.8 Å². The van der Waals surface area contributed by atoms with E-state index in [0.29, 0.717) is 76.7 Å². The van der Waals surface area contributed by atoms with Crippen LogP contribution in [-0.4, -0.2) is 65.5 Å². The monoisotopic (exact) mass is 534 g/mol. The summed E-state index contributed by atoms with van der Waals surface area (Å²) in [5.74, 6) is 2.01. The highest BCUT2D eigenvalue weighted by molar-refractivity contribution is 6.04. The molecule has 11 nitrogen and oxygen atoms in total. The van der Waals surface area contributed by atoms with Crippen LogP contribution >= 0.6 is 0 Å². The number of aryl methyl sites for hydroxylation is 2. The fraction of sp³-hybridized carbons (Fsp3) is 0.429. The maximum Gasteiger partial charge on any atom is 0.254 e. The summed E-state index contributed by atoms with van der Waals surface area (Å²) in [6.07, 6.45) is 3.91. The minimum atomic E-state index is -0.571. The summed E-state index contributed by atoms with van der Waals surface area (Å²) in [5, 5.41) is 12.4. The first kappa shape index (κ1) is 26.3. The summed E-state index contributed by atoms with van der Waals surface area (Å²) in [6, 6.07) is 3.73. The number of nitrogens with zero attached hydrogens (tertiary/aromatic N) is 4. The van der Waals surface area contributed by atoms with Gasteiger partial charge in [0, 0.05) is 25.2 Å². The van der Waals surface area contributed by atoms with Crippen LogP contribution in [0.4, 0.5) is 5.82 Å². The maximum atomic E-state index is 12.8. The number of rotatable bonds is 7. The van der Waals surface area contributed by atoms with Gasteiger partial charge in [0.05, 0.1) is 37.1 Å². The lowest BCUT2D eigenvalue weighted by atomic mass is 9.87. The van der Waals surface area contributed by atoms with Crippen molar-refractivity contribution < 1.29 is 23.6 Å². The summed E-state index contributed by atoms with van der Waals surface area (Å²) < 4.78 is 18.9. The lowest BCUT2D eigenvalue weighted by Crippen LogP contribution is -2.41. The molecule has 1 saturated heterocycles. The molecule has 2 amide bonds. The summed E-state index contributed by atoms with van der Waals surface area (Å²) >= 11 is 0. The van der Waals surface area contributed by atoms with E-state index in [2.05, 4.69) is 17.1 Å². The van der Waals surface area contributed by atoms with Crippen LogP contribution in [0.3, 0.4) is 0 Å². The molecule has 0 aliphatic carbocycles. The van der Waals surface area contributed by atoms with Gasteiger partial charge in [-0.25, -0.2) is 4.68 Å². The minimum absolute atomic E-state index is 0.0419. The van der Waals surface area contributed by atoms with Crippen LogP contribution < -0.4 is 20.5 Å². The molecule has 1 atom stereocenters. The lowest BCUT2D eigenvalue weighted by Gasteiger charge is -2.38. The van der Waals surface area contributed by atoms with Gasteiger partial charge in [-0.15, -0.1) is 0 Å². The third kappa shape index (κ3) is 4.51. The zero-order valence-electron chi connectivity index (χ0n) is 22.7. The number of piperidine rings is 1. The molecule has 3 N–H and O–H groups in total. The number of nitrogens with one attached hydrogen (secondary N) is 1. The highest BCUT2D eigenvalue weighted by Crippen LogP contribution is 2.46. The summed E-state index contributed by atoms with van der Waals surface area (Å²) in [5.41, 5.74) is 9.56. The van der Waals surface area contributed by atoms with Crippen molar-refractivity contribution in [3.63, 3.8) is 0 Å². The Hall–Kier alpha value is -4.28. The number of amides is 2. The molecule has 2 aliphatic rings. The number of anilines is 1. The fourth-order valence-electron chi connectivity index (χ4n) is 5.94. The maximum absolute atomic E-state index is 12.8. The molecule has 5 rings (SSSR count). The van der Waals surface area contributed by atoms with Crippen molar-refractivity contribution in [3.8, 4) is 33.9 Å². The van der Waals surface area contributed by atoms with Crippen LogP contribution in [0.25, 0.3) is 22.4 Å². The number of carbonyl (C=O) groups is 2. The van der Waals surface area contributed by atoms with E-state index in [0.717, 1.165) is 24.8 Å². The number of ether oxygens (including phenoxy) is 2. The molecular weight excluding hydrogens is 500 g/mol. The number of carbonyl (C=O) groups excluding carboxylic acids is 2. The molecule has 39 heavy (non-hydrogen) atoms. The van der Waals surface area contributed by atoms with Gasteiger partial charge in [-0.3, -0.25) is 9.59 Å². The second-order valence-corrected chi connectivity index (χ2v) is 9.99. The predicted octanol–water partition coefficient (Wildman–Crippen LogP) is 3.72.